The third kappa shape index (κ3) is 3.80. The molecule has 0 saturated carbocycles. The van der Waals surface area contributed by atoms with Gasteiger partial charge in [-0.05, 0) is 23.8 Å². The van der Waals surface area contributed by atoms with Crippen molar-refractivity contribution in [3.63, 3.8) is 0 Å². The van der Waals surface area contributed by atoms with Gasteiger partial charge in [0.15, 0.2) is 0 Å². The smallest absolute Gasteiger partial charge is 0.255 e. The van der Waals surface area contributed by atoms with Crippen molar-refractivity contribution < 1.29 is 14.3 Å². The van der Waals surface area contributed by atoms with Crippen LogP contribution in [0.3, 0.4) is 0 Å². The molecular weight excluding hydrogens is 292 g/mol. The fourth-order valence-corrected chi connectivity index (χ4v) is 2.60. The fourth-order valence-electron chi connectivity index (χ4n) is 2.60. The van der Waals surface area contributed by atoms with Crippen LogP contribution in [0, 0.1) is 5.92 Å². The molecule has 2 aromatic rings. The summed E-state index contributed by atoms with van der Waals surface area (Å²) in [7, 11) is 1.53. The Morgan fingerprint density at radius 2 is 1.87 bits per heavy atom. The van der Waals surface area contributed by atoms with E-state index in [1.807, 2.05) is 44.2 Å². The molecule has 0 unspecified atom stereocenters. The number of rotatable bonds is 6. The van der Waals surface area contributed by atoms with E-state index < -0.39 is 11.9 Å². The second-order valence-corrected chi connectivity index (χ2v) is 5.93. The molecule has 2 rings (SSSR count). The van der Waals surface area contributed by atoms with Gasteiger partial charge in [-0.2, -0.15) is 0 Å². The number of methoxy groups -OCH3 is 1. The van der Waals surface area contributed by atoms with Gasteiger partial charge in [-0.3, -0.25) is 9.59 Å². The van der Waals surface area contributed by atoms with Crippen molar-refractivity contribution in [2.75, 3.05) is 7.11 Å². The maximum absolute atomic E-state index is 12.6. The van der Waals surface area contributed by atoms with Crippen molar-refractivity contribution in [2.24, 2.45) is 11.7 Å². The minimum absolute atomic E-state index is 0.242. The van der Waals surface area contributed by atoms with Gasteiger partial charge in [-0.15, -0.1) is 0 Å². The van der Waals surface area contributed by atoms with E-state index in [0.717, 1.165) is 10.8 Å². The fraction of sp³-hybridized carbons (Fsp3) is 0.333. The predicted octanol–water partition coefficient (Wildman–Crippen LogP) is 2.48. The molecular formula is C18H22N2O3. The first kappa shape index (κ1) is 16.8. The SMILES string of the molecule is COc1c(C(=O)N[C@@H](CC(C)C)C(N)=O)ccc2ccccc12. The van der Waals surface area contributed by atoms with Gasteiger partial charge in [0.25, 0.3) is 5.91 Å². The molecule has 0 bridgehead atoms. The van der Waals surface area contributed by atoms with E-state index in [1.165, 1.54) is 7.11 Å². The molecule has 0 aliphatic rings. The summed E-state index contributed by atoms with van der Waals surface area (Å²) >= 11 is 0. The first-order valence-electron chi connectivity index (χ1n) is 7.60. The van der Waals surface area contributed by atoms with Gasteiger partial charge in [0, 0.05) is 5.39 Å². The summed E-state index contributed by atoms with van der Waals surface area (Å²) in [4.78, 5) is 24.1. The monoisotopic (exact) mass is 314 g/mol. The molecule has 3 N–H and O–H groups in total. The Bertz CT molecular complexity index is 725. The Hall–Kier alpha value is -2.56. The number of primary amides is 1. The molecule has 1 atom stereocenters. The summed E-state index contributed by atoms with van der Waals surface area (Å²) in [5, 5.41) is 4.54. The summed E-state index contributed by atoms with van der Waals surface area (Å²) in [5.74, 6) is -0.163. The minimum atomic E-state index is -0.696. The quantitative estimate of drug-likeness (QED) is 0.859. The summed E-state index contributed by atoms with van der Waals surface area (Å²) in [6.07, 6.45) is 0.497. The molecule has 0 aromatic heterocycles. The van der Waals surface area contributed by atoms with Gasteiger partial charge in [0.2, 0.25) is 5.91 Å². The Kier molecular flexibility index (Phi) is 5.21. The van der Waals surface area contributed by atoms with Crippen LogP contribution in [0.2, 0.25) is 0 Å². The van der Waals surface area contributed by atoms with Crippen molar-refractivity contribution in [3.05, 3.63) is 42.0 Å². The minimum Gasteiger partial charge on any atom is -0.495 e. The molecule has 0 aliphatic carbocycles. The average molecular weight is 314 g/mol. The van der Waals surface area contributed by atoms with Crippen LogP contribution < -0.4 is 15.8 Å². The highest BCUT2D eigenvalue weighted by Gasteiger charge is 2.22. The van der Waals surface area contributed by atoms with Gasteiger partial charge in [0.1, 0.15) is 11.8 Å². The Morgan fingerprint density at radius 3 is 2.48 bits per heavy atom. The zero-order valence-corrected chi connectivity index (χ0v) is 13.6. The Morgan fingerprint density at radius 1 is 1.17 bits per heavy atom. The van der Waals surface area contributed by atoms with Gasteiger partial charge < -0.3 is 15.8 Å². The van der Waals surface area contributed by atoms with Gasteiger partial charge >= 0.3 is 0 Å². The van der Waals surface area contributed by atoms with Crippen LogP contribution in [0.15, 0.2) is 36.4 Å². The van der Waals surface area contributed by atoms with Crippen LogP contribution in [0.25, 0.3) is 10.8 Å². The van der Waals surface area contributed by atoms with Crippen molar-refractivity contribution in [1.82, 2.24) is 5.32 Å². The molecule has 5 nitrogen and oxygen atoms in total. The van der Waals surface area contributed by atoms with Crippen molar-refractivity contribution in [2.45, 2.75) is 26.3 Å². The molecule has 0 fully saturated rings. The standard InChI is InChI=1S/C18H22N2O3/c1-11(2)10-15(17(19)21)20-18(22)14-9-8-12-6-4-5-7-13(12)16(14)23-3/h4-9,11,15H,10H2,1-3H3,(H2,19,21)(H,20,22)/t15-/m0/s1. The Labute approximate surface area is 135 Å². The first-order valence-corrected chi connectivity index (χ1v) is 7.60. The molecule has 0 spiro atoms. The lowest BCUT2D eigenvalue weighted by Gasteiger charge is -2.18. The van der Waals surface area contributed by atoms with Crippen LogP contribution >= 0.6 is 0 Å². The third-order valence-electron chi connectivity index (χ3n) is 3.68. The van der Waals surface area contributed by atoms with Crippen molar-refractivity contribution in [3.8, 4) is 5.75 Å². The number of amides is 2. The molecule has 0 heterocycles. The summed E-state index contributed by atoms with van der Waals surface area (Å²) < 4.78 is 5.43. The van der Waals surface area contributed by atoms with Crippen LogP contribution in [0.5, 0.6) is 5.75 Å². The lowest BCUT2D eigenvalue weighted by molar-refractivity contribution is -0.120. The predicted molar refractivity (Wildman–Crippen MR) is 90.4 cm³/mol. The van der Waals surface area contributed by atoms with Crippen molar-refractivity contribution in [1.29, 1.82) is 0 Å². The van der Waals surface area contributed by atoms with E-state index >= 15 is 0 Å². The van der Waals surface area contributed by atoms with E-state index in [1.54, 1.807) is 6.07 Å². The number of ether oxygens (including phenoxy) is 1. The highest BCUT2D eigenvalue weighted by atomic mass is 16.5. The van der Waals surface area contributed by atoms with Crippen LogP contribution in [0.4, 0.5) is 0 Å². The van der Waals surface area contributed by atoms with Crippen LogP contribution in [-0.4, -0.2) is 25.0 Å². The number of nitrogens with one attached hydrogen (secondary N) is 1. The van der Waals surface area contributed by atoms with E-state index in [2.05, 4.69) is 5.32 Å². The zero-order chi connectivity index (χ0) is 17.0. The molecule has 0 radical (unpaired) electrons. The second kappa shape index (κ2) is 7.13. The number of fused-ring (bicyclic) bond motifs is 1. The maximum atomic E-state index is 12.6. The number of nitrogens with two attached hydrogens (primary N) is 1. The normalized spacial score (nSPS) is 12.2. The number of hydrogen-bond donors (Lipinski definition) is 2. The highest BCUT2D eigenvalue weighted by Crippen LogP contribution is 2.29. The zero-order valence-electron chi connectivity index (χ0n) is 13.6. The number of carbonyl (C=O) groups is 2. The van der Waals surface area contributed by atoms with Crippen molar-refractivity contribution >= 4 is 22.6 Å². The molecule has 5 heteroatoms. The second-order valence-electron chi connectivity index (χ2n) is 5.93. The topological polar surface area (TPSA) is 81.4 Å². The maximum Gasteiger partial charge on any atom is 0.255 e. The van der Waals surface area contributed by atoms with Crippen LogP contribution in [0.1, 0.15) is 30.6 Å². The van der Waals surface area contributed by atoms with E-state index in [0.29, 0.717) is 17.7 Å². The van der Waals surface area contributed by atoms with Gasteiger partial charge in [-0.25, -0.2) is 0 Å². The van der Waals surface area contributed by atoms with Gasteiger partial charge in [0.05, 0.1) is 12.7 Å². The van der Waals surface area contributed by atoms with Crippen LogP contribution in [-0.2, 0) is 4.79 Å². The molecule has 2 aromatic carbocycles. The Balaban J connectivity index is 2.35. The molecule has 122 valence electrons. The summed E-state index contributed by atoms with van der Waals surface area (Å²) in [6, 6.07) is 10.5. The first-order chi connectivity index (χ1) is 10.9. The largest absolute Gasteiger partial charge is 0.495 e. The lowest BCUT2D eigenvalue weighted by atomic mass is 10.0. The molecule has 23 heavy (non-hydrogen) atoms. The third-order valence-corrected chi connectivity index (χ3v) is 3.68. The average Bonchev–Trinajstić information content (AvgIpc) is 2.52. The number of carbonyl (C=O) groups excluding carboxylic acids is 2. The van der Waals surface area contributed by atoms with E-state index in [-0.39, 0.29) is 11.8 Å². The highest BCUT2D eigenvalue weighted by molar-refractivity contribution is 6.05. The lowest BCUT2D eigenvalue weighted by Crippen LogP contribution is -2.45. The molecule has 0 saturated heterocycles. The molecule has 2 amide bonds. The van der Waals surface area contributed by atoms with E-state index in [9.17, 15) is 9.59 Å². The number of benzene rings is 2. The number of hydrogen-bond acceptors (Lipinski definition) is 3. The summed E-state index contributed by atoms with van der Waals surface area (Å²) in [6.45, 7) is 3.94. The molecule has 0 aliphatic heterocycles. The summed E-state index contributed by atoms with van der Waals surface area (Å²) in [5.41, 5.74) is 5.78. The van der Waals surface area contributed by atoms with E-state index in [4.69, 9.17) is 10.5 Å². The van der Waals surface area contributed by atoms with Gasteiger partial charge in [-0.1, -0.05) is 44.2 Å².